The minimum absolute atomic E-state index is 0.170. The van der Waals surface area contributed by atoms with Crippen molar-refractivity contribution in [2.75, 3.05) is 31.1 Å². The molecule has 2 saturated heterocycles. The number of rotatable bonds is 3. The molecule has 4 rings (SSSR count). The highest BCUT2D eigenvalue weighted by atomic mass is 19.1. The lowest BCUT2D eigenvalue weighted by Crippen LogP contribution is -2.55. The molecule has 0 bridgehead atoms. The van der Waals surface area contributed by atoms with Gasteiger partial charge in [0.25, 0.3) is 5.91 Å². The maximum absolute atomic E-state index is 13.8. The van der Waals surface area contributed by atoms with E-state index in [2.05, 4.69) is 26.7 Å². The van der Waals surface area contributed by atoms with Crippen LogP contribution in [0.4, 0.5) is 10.1 Å². The van der Waals surface area contributed by atoms with Gasteiger partial charge in [-0.1, -0.05) is 0 Å². The van der Waals surface area contributed by atoms with E-state index in [9.17, 15) is 14.4 Å². The molecule has 0 spiro atoms. The number of fused-ring (bicyclic) bond motifs is 1. The van der Waals surface area contributed by atoms with Crippen LogP contribution in [-0.2, 0) is 9.53 Å². The molecule has 0 aromatic carbocycles. The van der Waals surface area contributed by atoms with Gasteiger partial charge in [0.2, 0.25) is 0 Å². The molecule has 0 saturated carbocycles. The molecule has 2 aliphatic rings. The molecule has 9 heteroatoms. The molecule has 2 fully saturated rings. The van der Waals surface area contributed by atoms with E-state index in [0.717, 1.165) is 11.2 Å². The van der Waals surface area contributed by atoms with E-state index in [1.165, 1.54) is 0 Å². The van der Waals surface area contributed by atoms with Gasteiger partial charge >= 0.3 is 0 Å². The first kappa shape index (κ1) is 17.7. The fourth-order valence-corrected chi connectivity index (χ4v) is 3.71. The van der Waals surface area contributed by atoms with Gasteiger partial charge in [-0.15, -0.1) is 0 Å². The highest BCUT2D eigenvalue weighted by molar-refractivity contribution is 5.83. The van der Waals surface area contributed by atoms with Crippen LogP contribution in [0.5, 0.6) is 0 Å². The van der Waals surface area contributed by atoms with E-state index in [-0.39, 0.29) is 18.6 Å². The number of aromatic nitrogens is 2. The van der Waals surface area contributed by atoms with Crippen LogP contribution >= 0.6 is 0 Å². The minimum atomic E-state index is -1.09. The second-order valence-electron chi connectivity index (χ2n) is 6.97. The maximum atomic E-state index is 13.8. The highest BCUT2D eigenvalue weighted by Gasteiger charge is 2.35. The van der Waals surface area contributed by atoms with Crippen molar-refractivity contribution in [2.24, 2.45) is 0 Å². The summed E-state index contributed by atoms with van der Waals surface area (Å²) in [5.41, 5.74) is 2.12. The molecule has 4 heterocycles. The fraction of sp³-hybridized carbons (Fsp3) is 0.500. The molecule has 27 heavy (non-hydrogen) atoms. The van der Waals surface area contributed by atoms with Crippen LogP contribution < -0.4 is 15.5 Å². The van der Waals surface area contributed by atoms with E-state index in [4.69, 9.17) is 4.74 Å². The zero-order valence-corrected chi connectivity index (χ0v) is 14.9. The van der Waals surface area contributed by atoms with Crippen molar-refractivity contribution < 1.29 is 13.9 Å². The Kier molecular flexibility index (Phi) is 4.68. The molecule has 2 N–H and O–H groups in total. The topological polar surface area (TPSA) is 94.7 Å². The summed E-state index contributed by atoms with van der Waals surface area (Å²) in [5, 5.41) is 19.1. The Bertz CT molecular complexity index is 894. The van der Waals surface area contributed by atoms with Crippen LogP contribution in [0, 0.1) is 11.3 Å². The molecule has 1 amide bonds. The summed E-state index contributed by atoms with van der Waals surface area (Å²) < 4.78 is 21.2. The number of hydrogen-bond acceptors (Lipinski definition) is 6. The molecule has 2 aliphatic heterocycles. The lowest BCUT2D eigenvalue weighted by atomic mass is 10.1. The number of carbonyl (C=O) groups is 1. The Labute approximate surface area is 155 Å². The number of pyridine rings is 1. The number of amides is 1. The van der Waals surface area contributed by atoms with Gasteiger partial charge in [0, 0.05) is 19.6 Å². The Morgan fingerprint density at radius 2 is 2.26 bits per heavy atom. The van der Waals surface area contributed by atoms with Crippen molar-refractivity contribution in [2.45, 2.75) is 31.3 Å². The number of ether oxygens (including phenoxy) is 1. The van der Waals surface area contributed by atoms with Crippen LogP contribution in [-0.4, -0.2) is 66.1 Å². The van der Waals surface area contributed by atoms with Gasteiger partial charge in [-0.3, -0.25) is 4.79 Å². The monoisotopic (exact) mass is 372 g/mol. The van der Waals surface area contributed by atoms with Crippen LogP contribution in [0.1, 0.15) is 12.6 Å². The Morgan fingerprint density at radius 3 is 3.00 bits per heavy atom. The minimum Gasteiger partial charge on any atom is -0.364 e. The summed E-state index contributed by atoms with van der Waals surface area (Å²) in [6, 6.07) is 7.00. The Hall–Kier alpha value is -2.70. The predicted molar refractivity (Wildman–Crippen MR) is 96.2 cm³/mol. The average molecular weight is 372 g/mol. The quantitative estimate of drug-likeness (QED) is 0.801. The van der Waals surface area contributed by atoms with Crippen molar-refractivity contribution in [3.63, 3.8) is 0 Å². The molecular formula is C18H21FN6O2. The number of morpholine rings is 1. The van der Waals surface area contributed by atoms with Crippen LogP contribution in [0.2, 0.25) is 0 Å². The van der Waals surface area contributed by atoms with Crippen molar-refractivity contribution in [3.8, 4) is 6.07 Å². The largest absolute Gasteiger partial charge is 0.364 e. The number of alkyl halides is 1. The summed E-state index contributed by atoms with van der Waals surface area (Å²) in [6.07, 6.45) is -0.311. The van der Waals surface area contributed by atoms with Crippen LogP contribution in [0.15, 0.2) is 24.4 Å². The number of carbonyl (C=O) groups excluding carboxylic acids is 1. The molecule has 4 atom stereocenters. The third-order valence-corrected chi connectivity index (χ3v) is 5.01. The Balaban J connectivity index is 1.55. The van der Waals surface area contributed by atoms with E-state index in [0.29, 0.717) is 25.3 Å². The van der Waals surface area contributed by atoms with Crippen LogP contribution in [0.25, 0.3) is 5.52 Å². The van der Waals surface area contributed by atoms with E-state index in [1.807, 2.05) is 19.1 Å². The number of hydrogen-bond donors (Lipinski definition) is 2. The van der Waals surface area contributed by atoms with Crippen molar-refractivity contribution in [1.29, 1.82) is 5.26 Å². The summed E-state index contributed by atoms with van der Waals surface area (Å²) >= 11 is 0. The van der Waals surface area contributed by atoms with Gasteiger partial charge in [-0.2, -0.15) is 10.4 Å². The second kappa shape index (κ2) is 7.13. The third-order valence-electron chi connectivity index (χ3n) is 5.01. The first-order chi connectivity index (χ1) is 13.1. The van der Waals surface area contributed by atoms with Crippen molar-refractivity contribution in [1.82, 2.24) is 20.2 Å². The lowest BCUT2D eigenvalue weighted by molar-refractivity contribution is -0.138. The third kappa shape index (κ3) is 3.34. The number of nitrogens with one attached hydrogen (secondary N) is 2. The average Bonchev–Trinajstić information content (AvgIpc) is 3.30. The molecule has 142 valence electrons. The normalized spacial score (nSPS) is 28.3. The van der Waals surface area contributed by atoms with Gasteiger partial charge in [0.05, 0.1) is 36.1 Å². The van der Waals surface area contributed by atoms with E-state index in [1.54, 1.807) is 16.8 Å². The summed E-state index contributed by atoms with van der Waals surface area (Å²) in [5.74, 6) is -0.305. The summed E-state index contributed by atoms with van der Waals surface area (Å²) in [4.78, 5) is 14.7. The zero-order valence-electron chi connectivity index (χ0n) is 14.9. The van der Waals surface area contributed by atoms with Gasteiger partial charge in [0.15, 0.2) is 6.10 Å². The summed E-state index contributed by atoms with van der Waals surface area (Å²) in [6.45, 7) is 3.53. The standard InChI is InChI=1S/C18H21FN6O2/c1-11-9-24(15-3-2-12(6-20)25-16(15)4-5-22-25)10-17(27-11)18(26)23-14-8-21-7-13(14)19/h2-5,11,13-14,17,21H,7-10H2,1H3,(H,23,26)/t11?,13-,14+,17?/m1/s1. The van der Waals surface area contributed by atoms with Gasteiger partial charge in [-0.05, 0) is 25.1 Å². The Morgan fingerprint density at radius 1 is 1.41 bits per heavy atom. The maximum Gasteiger partial charge on any atom is 0.251 e. The second-order valence-corrected chi connectivity index (χ2v) is 6.97. The number of nitriles is 1. The molecule has 0 aliphatic carbocycles. The van der Waals surface area contributed by atoms with Gasteiger partial charge < -0.3 is 20.3 Å². The zero-order chi connectivity index (χ0) is 19.0. The molecule has 2 aromatic rings. The van der Waals surface area contributed by atoms with Gasteiger partial charge in [-0.25, -0.2) is 8.91 Å². The lowest BCUT2D eigenvalue weighted by Gasteiger charge is -2.38. The number of nitrogens with zero attached hydrogens (tertiary/aromatic N) is 4. The predicted octanol–water partition coefficient (Wildman–Crippen LogP) is 0.226. The summed E-state index contributed by atoms with van der Waals surface area (Å²) in [7, 11) is 0. The first-order valence-electron chi connectivity index (χ1n) is 8.99. The molecule has 8 nitrogen and oxygen atoms in total. The van der Waals surface area contributed by atoms with E-state index >= 15 is 0 Å². The molecule has 0 radical (unpaired) electrons. The van der Waals surface area contributed by atoms with E-state index < -0.39 is 18.3 Å². The number of halogens is 1. The van der Waals surface area contributed by atoms with Crippen molar-refractivity contribution >= 4 is 17.1 Å². The molecular weight excluding hydrogens is 351 g/mol. The van der Waals surface area contributed by atoms with Crippen molar-refractivity contribution in [3.05, 3.63) is 30.1 Å². The fourth-order valence-electron chi connectivity index (χ4n) is 3.71. The SMILES string of the molecule is CC1CN(c2ccc(C#N)n3nccc23)CC(C(=O)N[C@H]2CNC[C@H]2F)O1. The van der Waals surface area contributed by atoms with Crippen LogP contribution in [0.3, 0.4) is 0 Å². The number of anilines is 1. The smallest absolute Gasteiger partial charge is 0.251 e. The first-order valence-corrected chi connectivity index (χ1v) is 8.99. The highest BCUT2D eigenvalue weighted by Crippen LogP contribution is 2.26. The molecule has 2 aromatic heterocycles. The van der Waals surface area contributed by atoms with Gasteiger partial charge in [0.1, 0.15) is 17.9 Å². The molecule has 2 unspecified atom stereocenters.